The number of aromatic nitrogens is 4. The smallest absolute Gasteiger partial charge is 0.114 e. The maximum atomic E-state index is 3.98. The first-order chi connectivity index (χ1) is 6.95. The fourth-order valence-electron chi connectivity index (χ4n) is 1.62. The van der Waals surface area contributed by atoms with Crippen molar-refractivity contribution in [3.8, 4) is 11.3 Å². The Kier molecular flexibility index (Phi) is 1.41. The van der Waals surface area contributed by atoms with Crippen LogP contribution in [0, 0.1) is 0 Å². The quantitative estimate of drug-likeness (QED) is 0.607. The second-order valence-electron chi connectivity index (χ2n) is 3.11. The third-order valence-electron chi connectivity index (χ3n) is 2.28. The fraction of sp³-hybridized carbons (Fsp3) is 0. The van der Waals surface area contributed by atoms with Crippen LogP contribution >= 0.6 is 0 Å². The summed E-state index contributed by atoms with van der Waals surface area (Å²) < 4.78 is 0. The number of H-pyrrole nitrogens is 2. The highest BCUT2D eigenvalue weighted by Crippen LogP contribution is 2.25. The summed E-state index contributed by atoms with van der Waals surface area (Å²) in [7, 11) is 0. The first kappa shape index (κ1) is 7.32. The van der Waals surface area contributed by atoms with Crippen LogP contribution in [0.1, 0.15) is 0 Å². The molecule has 1 aromatic carbocycles. The molecule has 3 aromatic rings. The molecule has 0 bridgehead atoms. The van der Waals surface area contributed by atoms with E-state index in [1.807, 2.05) is 24.4 Å². The van der Waals surface area contributed by atoms with Crippen molar-refractivity contribution in [1.82, 2.24) is 20.4 Å². The molecule has 2 N–H and O–H groups in total. The summed E-state index contributed by atoms with van der Waals surface area (Å²) in [5.41, 5.74) is 3.06. The van der Waals surface area contributed by atoms with E-state index in [0.29, 0.717) is 0 Å². The molecule has 0 saturated heterocycles. The number of fused-ring (bicyclic) bond motifs is 1. The lowest BCUT2D eigenvalue weighted by Crippen LogP contribution is -1.74. The Morgan fingerprint density at radius 3 is 2.86 bits per heavy atom. The Morgan fingerprint density at radius 2 is 2.00 bits per heavy atom. The SMILES string of the molecule is c1ccc2c(-c3c[nH]nn3)c[nH]c2c1. The van der Waals surface area contributed by atoms with Gasteiger partial charge in [0.05, 0.1) is 6.20 Å². The van der Waals surface area contributed by atoms with Crippen LogP contribution in [0.4, 0.5) is 0 Å². The normalized spacial score (nSPS) is 10.9. The minimum absolute atomic E-state index is 0.863. The van der Waals surface area contributed by atoms with Crippen molar-refractivity contribution in [2.75, 3.05) is 0 Å². The predicted octanol–water partition coefficient (Wildman–Crippen LogP) is 1.95. The zero-order chi connectivity index (χ0) is 9.38. The average Bonchev–Trinajstić information content (AvgIpc) is 2.85. The van der Waals surface area contributed by atoms with E-state index in [-0.39, 0.29) is 0 Å². The molecule has 0 aliphatic rings. The van der Waals surface area contributed by atoms with E-state index in [1.165, 1.54) is 5.39 Å². The molecule has 0 aliphatic carbocycles. The van der Waals surface area contributed by atoms with Crippen molar-refractivity contribution in [2.24, 2.45) is 0 Å². The van der Waals surface area contributed by atoms with Gasteiger partial charge in [0.15, 0.2) is 0 Å². The van der Waals surface area contributed by atoms with Crippen LogP contribution in [-0.2, 0) is 0 Å². The molecule has 4 heteroatoms. The van der Waals surface area contributed by atoms with Gasteiger partial charge in [-0.1, -0.05) is 23.4 Å². The van der Waals surface area contributed by atoms with E-state index in [2.05, 4.69) is 26.5 Å². The van der Waals surface area contributed by atoms with E-state index in [1.54, 1.807) is 6.20 Å². The first-order valence-electron chi connectivity index (χ1n) is 4.38. The minimum atomic E-state index is 0.863. The third kappa shape index (κ3) is 0.939. The van der Waals surface area contributed by atoms with E-state index >= 15 is 0 Å². The topological polar surface area (TPSA) is 57.4 Å². The highest BCUT2D eigenvalue weighted by Gasteiger charge is 2.06. The standard InChI is InChI=1S/C10H8N4/c1-2-4-9-7(3-1)8(5-11-9)10-6-12-14-13-10/h1-6,11H,(H,12,13,14). The summed E-state index contributed by atoms with van der Waals surface area (Å²) in [6.45, 7) is 0. The Hall–Kier alpha value is -2.10. The summed E-state index contributed by atoms with van der Waals surface area (Å²) in [4.78, 5) is 3.19. The van der Waals surface area contributed by atoms with E-state index in [4.69, 9.17) is 0 Å². The Balaban J connectivity index is 2.33. The third-order valence-corrected chi connectivity index (χ3v) is 2.28. The van der Waals surface area contributed by atoms with Gasteiger partial charge < -0.3 is 4.98 Å². The fourth-order valence-corrected chi connectivity index (χ4v) is 1.62. The van der Waals surface area contributed by atoms with E-state index < -0.39 is 0 Å². The van der Waals surface area contributed by atoms with Gasteiger partial charge in [0.25, 0.3) is 0 Å². The molecular formula is C10H8N4. The van der Waals surface area contributed by atoms with Gasteiger partial charge in [0.2, 0.25) is 0 Å². The van der Waals surface area contributed by atoms with Crippen LogP contribution in [0.2, 0.25) is 0 Å². The van der Waals surface area contributed by atoms with Gasteiger partial charge in [-0.15, -0.1) is 5.10 Å². The van der Waals surface area contributed by atoms with Gasteiger partial charge in [-0.2, -0.15) is 0 Å². The van der Waals surface area contributed by atoms with Crippen molar-refractivity contribution in [2.45, 2.75) is 0 Å². The first-order valence-corrected chi connectivity index (χ1v) is 4.38. The minimum Gasteiger partial charge on any atom is -0.360 e. The van der Waals surface area contributed by atoms with Crippen LogP contribution in [0.5, 0.6) is 0 Å². The van der Waals surface area contributed by atoms with Crippen LogP contribution in [-0.4, -0.2) is 20.4 Å². The molecule has 0 amide bonds. The number of rotatable bonds is 1. The Labute approximate surface area is 80.0 Å². The average molecular weight is 184 g/mol. The molecule has 2 aromatic heterocycles. The van der Waals surface area contributed by atoms with Crippen molar-refractivity contribution in [3.05, 3.63) is 36.7 Å². The zero-order valence-electron chi connectivity index (χ0n) is 7.36. The van der Waals surface area contributed by atoms with Gasteiger partial charge in [-0.25, -0.2) is 0 Å². The van der Waals surface area contributed by atoms with Crippen molar-refractivity contribution in [1.29, 1.82) is 0 Å². The molecule has 0 spiro atoms. The molecule has 0 radical (unpaired) electrons. The highest BCUT2D eigenvalue weighted by atomic mass is 15.3. The van der Waals surface area contributed by atoms with Gasteiger partial charge in [-0.3, -0.25) is 5.10 Å². The number of hydrogen-bond donors (Lipinski definition) is 2. The lowest BCUT2D eigenvalue weighted by molar-refractivity contribution is 0.942. The van der Waals surface area contributed by atoms with E-state index in [9.17, 15) is 0 Å². The lowest BCUT2D eigenvalue weighted by atomic mass is 10.1. The molecule has 4 nitrogen and oxygen atoms in total. The van der Waals surface area contributed by atoms with Crippen LogP contribution in [0.15, 0.2) is 36.7 Å². The molecule has 0 unspecified atom stereocenters. The largest absolute Gasteiger partial charge is 0.360 e. The molecule has 14 heavy (non-hydrogen) atoms. The number of benzene rings is 1. The molecule has 0 aliphatic heterocycles. The molecule has 0 atom stereocenters. The number of nitrogens with zero attached hydrogens (tertiary/aromatic N) is 2. The predicted molar refractivity (Wildman–Crippen MR) is 53.7 cm³/mol. The molecular weight excluding hydrogens is 176 g/mol. The Bertz CT molecular complexity index is 550. The highest BCUT2D eigenvalue weighted by molar-refractivity contribution is 5.94. The summed E-state index contributed by atoms with van der Waals surface area (Å²) in [5, 5.41) is 11.6. The van der Waals surface area contributed by atoms with E-state index in [0.717, 1.165) is 16.8 Å². The second kappa shape index (κ2) is 2.70. The van der Waals surface area contributed by atoms with Crippen molar-refractivity contribution < 1.29 is 0 Å². The number of nitrogens with one attached hydrogen (secondary N) is 2. The summed E-state index contributed by atoms with van der Waals surface area (Å²) >= 11 is 0. The Morgan fingerprint density at radius 1 is 1.07 bits per heavy atom. The maximum Gasteiger partial charge on any atom is 0.114 e. The van der Waals surface area contributed by atoms with Gasteiger partial charge >= 0.3 is 0 Å². The van der Waals surface area contributed by atoms with Crippen LogP contribution in [0.3, 0.4) is 0 Å². The second-order valence-corrected chi connectivity index (χ2v) is 3.11. The van der Waals surface area contributed by atoms with Crippen molar-refractivity contribution >= 4 is 10.9 Å². The number of aromatic amines is 2. The molecule has 2 heterocycles. The van der Waals surface area contributed by atoms with Gasteiger partial charge in [0, 0.05) is 22.7 Å². The number of para-hydroxylation sites is 1. The molecule has 0 fully saturated rings. The number of hydrogen-bond acceptors (Lipinski definition) is 2. The van der Waals surface area contributed by atoms with Crippen LogP contribution in [0.25, 0.3) is 22.2 Å². The summed E-state index contributed by atoms with van der Waals surface area (Å²) in [6.07, 6.45) is 3.73. The lowest BCUT2D eigenvalue weighted by Gasteiger charge is -1.91. The van der Waals surface area contributed by atoms with Gasteiger partial charge in [0.1, 0.15) is 5.69 Å². The van der Waals surface area contributed by atoms with Gasteiger partial charge in [-0.05, 0) is 6.07 Å². The van der Waals surface area contributed by atoms with Crippen molar-refractivity contribution in [3.63, 3.8) is 0 Å². The molecule has 0 saturated carbocycles. The zero-order valence-corrected chi connectivity index (χ0v) is 7.36. The molecule has 68 valence electrons. The molecule has 3 rings (SSSR count). The van der Waals surface area contributed by atoms with Crippen LogP contribution < -0.4 is 0 Å². The summed E-state index contributed by atoms with van der Waals surface area (Å²) in [6, 6.07) is 8.12. The maximum absolute atomic E-state index is 3.98. The summed E-state index contributed by atoms with van der Waals surface area (Å²) in [5.74, 6) is 0. The monoisotopic (exact) mass is 184 g/mol.